The molecule has 1 aliphatic carbocycles. The van der Waals surface area contributed by atoms with Crippen LogP contribution in [-0.4, -0.2) is 21.9 Å². The lowest BCUT2D eigenvalue weighted by atomic mass is 9.76. The summed E-state index contributed by atoms with van der Waals surface area (Å²) < 4.78 is 14.1. The molecule has 156 valence electrons. The number of rotatable bonds is 4. The second-order valence-electron chi connectivity index (χ2n) is 7.85. The predicted octanol–water partition coefficient (Wildman–Crippen LogP) is 5.48. The number of carbonyl (C=O) groups is 1. The van der Waals surface area contributed by atoms with Gasteiger partial charge < -0.3 is 11.1 Å². The third kappa shape index (κ3) is 4.53. The van der Waals surface area contributed by atoms with Crippen molar-refractivity contribution in [2.75, 3.05) is 5.32 Å². The van der Waals surface area contributed by atoms with Crippen molar-refractivity contribution in [2.24, 2.45) is 11.7 Å². The largest absolute Gasteiger partial charge is 0.328 e. The van der Waals surface area contributed by atoms with E-state index in [-0.39, 0.29) is 29.1 Å². The third-order valence-corrected chi connectivity index (χ3v) is 6.53. The van der Waals surface area contributed by atoms with Crippen LogP contribution in [0.1, 0.15) is 48.2 Å². The van der Waals surface area contributed by atoms with Crippen molar-refractivity contribution in [1.82, 2.24) is 9.97 Å². The molecule has 1 aromatic carbocycles. The molecule has 1 saturated carbocycles. The SMILES string of the molecule is C[C@@H]1C[C@H](N)C[C@H](c2ccncc2NC(=O)c2csc(-c3cc(Cl)ccc3F)n2)C1. The van der Waals surface area contributed by atoms with Gasteiger partial charge in [-0.05, 0) is 60.9 Å². The molecule has 2 heterocycles. The van der Waals surface area contributed by atoms with Crippen LogP contribution in [0.2, 0.25) is 5.02 Å². The van der Waals surface area contributed by atoms with Crippen molar-refractivity contribution in [3.05, 3.63) is 64.1 Å². The van der Waals surface area contributed by atoms with Gasteiger partial charge in [-0.25, -0.2) is 9.37 Å². The highest BCUT2D eigenvalue weighted by Crippen LogP contribution is 2.38. The molecule has 8 heteroatoms. The van der Waals surface area contributed by atoms with E-state index in [1.54, 1.807) is 17.8 Å². The molecular formula is C22H22ClFN4OS. The minimum atomic E-state index is -0.432. The topological polar surface area (TPSA) is 80.9 Å². The average molecular weight is 445 g/mol. The molecule has 3 atom stereocenters. The minimum Gasteiger partial charge on any atom is -0.328 e. The quantitative estimate of drug-likeness (QED) is 0.558. The number of aromatic nitrogens is 2. The summed E-state index contributed by atoms with van der Waals surface area (Å²) in [6, 6.07) is 6.37. The zero-order valence-corrected chi connectivity index (χ0v) is 18.0. The van der Waals surface area contributed by atoms with Crippen LogP contribution in [0.3, 0.4) is 0 Å². The summed E-state index contributed by atoms with van der Waals surface area (Å²) in [5.74, 6) is 0.0121. The fourth-order valence-electron chi connectivity index (χ4n) is 4.13. The normalized spacial score (nSPS) is 21.4. The first-order chi connectivity index (χ1) is 14.4. The molecular weight excluding hydrogens is 423 g/mol. The van der Waals surface area contributed by atoms with Crippen molar-refractivity contribution in [3.63, 3.8) is 0 Å². The van der Waals surface area contributed by atoms with E-state index in [2.05, 4.69) is 22.2 Å². The third-order valence-electron chi connectivity index (χ3n) is 5.42. The summed E-state index contributed by atoms with van der Waals surface area (Å²) in [6.07, 6.45) is 6.31. The first-order valence-corrected chi connectivity index (χ1v) is 11.1. The first kappa shape index (κ1) is 20.9. The van der Waals surface area contributed by atoms with Crippen LogP contribution in [-0.2, 0) is 0 Å². The zero-order chi connectivity index (χ0) is 21.3. The Bertz CT molecular complexity index is 1060. The maximum atomic E-state index is 14.1. The van der Waals surface area contributed by atoms with Gasteiger partial charge in [0, 0.05) is 28.2 Å². The number of thiazole rings is 1. The summed E-state index contributed by atoms with van der Waals surface area (Å²) in [5, 5.41) is 5.35. The van der Waals surface area contributed by atoms with Crippen LogP contribution in [0.4, 0.5) is 10.1 Å². The fraction of sp³-hybridized carbons (Fsp3) is 0.318. The van der Waals surface area contributed by atoms with Crippen molar-refractivity contribution in [1.29, 1.82) is 0 Å². The lowest BCUT2D eigenvalue weighted by molar-refractivity contribution is 0.102. The summed E-state index contributed by atoms with van der Waals surface area (Å²) in [5.41, 5.74) is 8.42. The second-order valence-corrected chi connectivity index (χ2v) is 9.14. The van der Waals surface area contributed by atoms with E-state index in [1.165, 1.54) is 29.5 Å². The molecule has 0 saturated heterocycles. The average Bonchev–Trinajstić information content (AvgIpc) is 3.19. The van der Waals surface area contributed by atoms with E-state index in [1.807, 2.05) is 6.07 Å². The number of carbonyl (C=O) groups excluding carboxylic acids is 1. The number of hydrogen-bond acceptors (Lipinski definition) is 5. The molecule has 5 nitrogen and oxygen atoms in total. The van der Waals surface area contributed by atoms with Gasteiger partial charge in [-0.2, -0.15) is 0 Å². The van der Waals surface area contributed by atoms with Crippen molar-refractivity contribution >= 4 is 34.5 Å². The van der Waals surface area contributed by atoms with Crippen LogP contribution in [0.5, 0.6) is 0 Å². The van der Waals surface area contributed by atoms with Crippen molar-refractivity contribution < 1.29 is 9.18 Å². The number of hydrogen-bond donors (Lipinski definition) is 2. The van der Waals surface area contributed by atoms with Gasteiger partial charge in [-0.3, -0.25) is 9.78 Å². The summed E-state index contributed by atoms with van der Waals surface area (Å²) in [7, 11) is 0. The van der Waals surface area contributed by atoms with Gasteiger partial charge in [-0.15, -0.1) is 11.3 Å². The van der Waals surface area contributed by atoms with Gasteiger partial charge in [0.15, 0.2) is 0 Å². The van der Waals surface area contributed by atoms with E-state index in [0.29, 0.717) is 21.6 Å². The van der Waals surface area contributed by atoms with Crippen molar-refractivity contribution in [2.45, 2.75) is 38.1 Å². The van der Waals surface area contributed by atoms with Crippen LogP contribution in [0.25, 0.3) is 10.6 Å². The molecule has 0 spiro atoms. The molecule has 3 aromatic rings. The van der Waals surface area contributed by atoms with E-state index in [0.717, 1.165) is 24.8 Å². The van der Waals surface area contributed by atoms with Crippen LogP contribution < -0.4 is 11.1 Å². The maximum Gasteiger partial charge on any atom is 0.275 e. The number of nitrogens with one attached hydrogen (secondary N) is 1. The molecule has 0 aliphatic heterocycles. The molecule has 1 fully saturated rings. The molecule has 0 radical (unpaired) electrons. The molecule has 3 N–H and O–H groups in total. The summed E-state index contributed by atoms with van der Waals surface area (Å²) in [6.45, 7) is 2.21. The van der Waals surface area contributed by atoms with Crippen LogP contribution in [0.15, 0.2) is 42.0 Å². The molecule has 30 heavy (non-hydrogen) atoms. The Kier molecular flexibility index (Phi) is 6.13. The molecule has 4 rings (SSSR count). The van der Waals surface area contributed by atoms with Gasteiger partial charge >= 0.3 is 0 Å². The lowest BCUT2D eigenvalue weighted by Crippen LogP contribution is -2.31. The minimum absolute atomic E-state index is 0.157. The maximum absolute atomic E-state index is 14.1. The van der Waals surface area contributed by atoms with Gasteiger partial charge in [0.05, 0.1) is 11.9 Å². The van der Waals surface area contributed by atoms with Crippen LogP contribution >= 0.6 is 22.9 Å². The number of nitrogens with zero attached hydrogens (tertiary/aromatic N) is 2. The fourth-order valence-corrected chi connectivity index (χ4v) is 5.12. The Morgan fingerprint density at radius 3 is 2.93 bits per heavy atom. The Morgan fingerprint density at radius 2 is 2.13 bits per heavy atom. The van der Waals surface area contributed by atoms with Crippen LogP contribution in [0, 0.1) is 11.7 Å². The Balaban J connectivity index is 1.56. The number of benzene rings is 1. The number of nitrogens with two attached hydrogens (primary N) is 1. The second kappa shape index (κ2) is 8.79. The molecule has 2 aromatic heterocycles. The van der Waals surface area contributed by atoms with Gasteiger partial charge in [0.1, 0.15) is 16.5 Å². The smallest absolute Gasteiger partial charge is 0.275 e. The highest BCUT2D eigenvalue weighted by Gasteiger charge is 2.27. The van der Waals surface area contributed by atoms with Gasteiger partial charge in [-0.1, -0.05) is 18.5 Å². The lowest BCUT2D eigenvalue weighted by Gasteiger charge is -2.32. The number of pyridine rings is 1. The van der Waals surface area contributed by atoms with E-state index >= 15 is 0 Å². The van der Waals surface area contributed by atoms with E-state index < -0.39 is 5.82 Å². The number of halogens is 2. The highest BCUT2D eigenvalue weighted by atomic mass is 35.5. The Hall–Kier alpha value is -2.35. The Labute approximate surface area is 183 Å². The highest BCUT2D eigenvalue weighted by molar-refractivity contribution is 7.13. The number of anilines is 1. The van der Waals surface area contributed by atoms with E-state index in [9.17, 15) is 9.18 Å². The monoisotopic (exact) mass is 444 g/mol. The zero-order valence-electron chi connectivity index (χ0n) is 16.4. The summed E-state index contributed by atoms with van der Waals surface area (Å²) >= 11 is 7.16. The predicted molar refractivity (Wildman–Crippen MR) is 118 cm³/mol. The summed E-state index contributed by atoms with van der Waals surface area (Å²) in [4.78, 5) is 21.3. The van der Waals surface area contributed by atoms with Gasteiger partial charge in [0.2, 0.25) is 0 Å². The number of amides is 1. The Morgan fingerprint density at radius 1 is 1.30 bits per heavy atom. The molecule has 0 bridgehead atoms. The molecule has 1 aliphatic rings. The molecule has 1 amide bonds. The van der Waals surface area contributed by atoms with Gasteiger partial charge in [0.25, 0.3) is 5.91 Å². The van der Waals surface area contributed by atoms with E-state index in [4.69, 9.17) is 17.3 Å². The standard InChI is InChI=1S/C22H22ClFN4OS/c1-12-6-13(8-15(25)7-12)16-4-5-26-10-19(16)27-21(29)20-11-30-22(28-20)17-9-14(23)2-3-18(17)24/h2-5,9-13,15H,6-8,25H2,1H3,(H,27,29)/t12-,13+,15-/m0/s1. The first-order valence-electron chi connectivity index (χ1n) is 9.82. The van der Waals surface area contributed by atoms with Crippen molar-refractivity contribution in [3.8, 4) is 10.6 Å². The molecule has 0 unspecified atom stereocenters.